The van der Waals surface area contributed by atoms with Crippen LogP contribution in [0.1, 0.15) is 25.0 Å². The average molecular weight is 819 g/mol. The Kier molecular flexibility index (Phi) is 7.95. The molecule has 64 heavy (non-hydrogen) atoms. The van der Waals surface area contributed by atoms with E-state index in [9.17, 15) is 0 Å². The lowest BCUT2D eigenvalue weighted by molar-refractivity contribution is 0.660. The Hall–Kier alpha value is -8.14. The van der Waals surface area contributed by atoms with Gasteiger partial charge in [-0.25, -0.2) is 0 Å². The Morgan fingerprint density at radius 2 is 1.03 bits per heavy atom. The number of hydrogen-bond acceptors (Lipinski definition) is 2. The molecule has 2 heterocycles. The van der Waals surface area contributed by atoms with Crippen molar-refractivity contribution in [1.29, 1.82) is 0 Å². The third-order valence-corrected chi connectivity index (χ3v) is 13.8. The third-order valence-electron chi connectivity index (χ3n) is 13.8. The largest absolute Gasteiger partial charge is 0.455 e. The lowest BCUT2D eigenvalue weighted by Crippen LogP contribution is -2.16. The van der Waals surface area contributed by atoms with Crippen molar-refractivity contribution in [2.45, 2.75) is 19.3 Å². The van der Waals surface area contributed by atoms with Gasteiger partial charge in [0.05, 0.1) is 16.7 Å². The second kappa shape index (κ2) is 13.9. The maximum Gasteiger partial charge on any atom is 0.143 e. The second-order valence-electron chi connectivity index (χ2n) is 17.6. The van der Waals surface area contributed by atoms with Crippen LogP contribution in [0.15, 0.2) is 223 Å². The van der Waals surface area contributed by atoms with E-state index in [-0.39, 0.29) is 5.41 Å². The van der Waals surface area contributed by atoms with Crippen LogP contribution in [-0.4, -0.2) is 4.57 Å². The second-order valence-corrected chi connectivity index (χ2v) is 17.6. The van der Waals surface area contributed by atoms with Crippen molar-refractivity contribution >= 4 is 71.6 Å². The average Bonchev–Trinajstić information content (AvgIpc) is 3.98. The van der Waals surface area contributed by atoms with Crippen LogP contribution in [0.3, 0.4) is 0 Å². The van der Waals surface area contributed by atoms with Gasteiger partial charge in [0, 0.05) is 60.4 Å². The highest BCUT2D eigenvalue weighted by molar-refractivity contribution is 6.24. The molecule has 0 spiro atoms. The Labute approximate surface area is 371 Å². The smallest absolute Gasteiger partial charge is 0.143 e. The van der Waals surface area contributed by atoms with Crippen LogP contribution in [0, 0.1) is 0 Å². The molecule has 1 aliphatic carbocycles. The molecule has 13 rings (SSSR count). The number of hydrogen-bond donors (Lipinski definition) is 0. The van der Waals surface area contributed by atoms with E-state index in [1.165, 1.54) is 55.2 Å². The molecular formula is C61H42N2O. The summed E-state index contributed by atoms with van der Waals surface area (Å²) in [6.45, 7) is 4.72. The normalized spacial score (nSPS) is 13.0. The van der Waals surface area contributed by atoms with E-state index < -0.39 is 0 Å². The summed E-state index contributed by atoms with van der Waals surface area (Å²) in [7, 11) is 0. The zero-order valence-corrected chi connectivity index (χ0v) is 35.6. The number of benzene rings is 10. The minimum atomic E-state index is -0.157. The zero-order valence-electron chi connectivity index (χ0n) is 35.6. The number of aromatic nitrogens is 1. The lowest BCUT2D eigenvalue weighted by atomic mass is 9.82. The quantitative estimate of drug-likeness (QED) is 0.167. The minimum absolute atomic E-state index is 0.157. The van der Waals surface area contributed by atoms with Crippen LogP contribution in [0.2, 0.25) is 0 Å². The highest BCUT2D eigenvalue weighted by atomic mass is 16.3. The van der Waals surface area contributed by atoms with Crippen molar-refractivity contribution in [3.63, 3.8) is 0 Å². The van der Waals surface area contributed by atoms with Crippen molar-refractivity contribution in [2.75, 3.05) is 4.90 Å². The summed E-state index contributed by atoms with van der Waals surface area (Å²) in [5.41, 5.74) is 18.4. The number of rotatable bonds is 6. The van der Waals surface area contributed by atoms with Crippen LogP contribution < -0.4 is 4.90 Å². The standard InChI is InChI=1S/C61H42N2O/c1-61(2)53-28-13-11-21-44(53)45-36-35-43(37-54(45)61)62(42-33-31-40(32-34-42)39-17-5-3-6-18-39)56-38-52-58-48(25-16-30-57(58)64-60(52)51-24-10-9-23-47(51)56)50-27-15-26-49-46-22-12-14-29-55(46)63(59(49)50)41-19-7-4-8-20-41/h3-38H,1-2H3. The molecule has 3 nitrogen and oxygen atoms in total. The summed E-state index contributed by atoms with van der Waals surface area (Å²) in [6.07, 6.45) is 0. The molecule has 0 saturated heterocycles. The van der Waals surface area contributed by atoms with Gasteiger partial charge in [-0.15, -0.1) is 0 Å². The number of nitrogens with zero attached hydrogens (tertiary/aromatic N) is 2. The predicted molar refractivity (Wildman–Crippen MR) is 269 cm³/mol. The summed E-state index contributed by atoms with van der Waals surface area (Å²) in [4.78, 5) is 2.46. The van der Waals surface area contributed by atoms with Crippen LogP contribution >= 0.6 is 0 Å². The van der Waals surface area contributed by atoms with Crippen molar-refractivity contribution in [1.82, 2.24) is 4.57 Å². The van der Waals surface area contributed by atoms with Gasteiger partial charge < -0.3 is 13.9 Å². The van der Waals surface area contributed by atoms with Crippen molar-refractivity contribution in [2.24, 2.45) is 0 Å². The van der Waals surface area contributed by atoms with Crippen LogP contribution in [0.25, 0.3) is 93.6 Å². The van der Waals surface area contributed by atoms with E-state index in [1.807, 2.05) is 0 Å². The molecule has 0 saturated carbocycles. The SMILES string of the molecule is CC1(C)c2ccccc2-c2ccc(N(c3ccc(-c4ccccc4)cc3)c3cc4c(oc5cccc(-c6cccc7c8ccccc8n(-c8ccccc8)c67)c54)c4ccccc34)cc21. The van der Waals surface area contributed by atoms with Gasteiger partial charge in [0.25, 0.3) is 0 Å². The van der Waals surface area contributed by atoms with Gasteiger partial charge in [-0.05, 0) is 93.5 Å². The van der Waals surface area contributed by atoms with Crippen molar-refractivity contribution < 1.29 is 4.42 Å². The summed E-state index contributed by atoms with van der Waals surface area (Å²) in [5, 5.41) is 6.84. The monoisotopic (exact) mass is 818 g/mol. The van der Waals surface area contributed by atoms with E-state index in [2.05, 4.69) is 242 Å². The first kappa shape index (κ1) is 36.5. The Bertz CT molecular complexity index is 3800. The molecule has 10 aromatic carbocycles. The van der Waals surface area contributed by atoms with E-state index in [0.717, 1.165) is 66.6 Å². The fourth-order valence-corrected chi connectivity index (χ4v) is 10.8. The molecule has 0 fully saturated rings. The number of para-hydroxylation sites is 3. The molecule has 0 atom stereocenters. The Morgan fingerprint density at radius 3 is 1.86 bits per heavy atom. The van der Waals surface area contributed by atoms with Gasteiger partial charge >= 0.3 is 0 Å². The van der Waals surface area contributed by atoms with Crippen LogP contribution in [0.5, 0.6) is 0 Å². The first-order chi connectivity index (χ1) is 31.5. The summed E-state index contributed by atoms with van der Waals surface area (Å²) >= 11 is 0. The van der Waals surface area contributed by atoms with Gasteiger partial charge in [0.1, 0.15) is 11.2 Å². The maximum absolute atomic E-state index is 7.02. The van der Waals surface area contributed by atoms with Crippen LogP contribution in [-0.2, 0) is 5.41 Å². The molecule has 0 unspecified atom stereocenters. The molecule has 0 N–H and O–H groups in total. The Balaban J connectivity index is 1.09. The molecule has 0 aliphatic heterocycles. The van der Waals surface area contributed by atoms with Crippen molar-refractivity contribution in [3.05, 3.63) is 230 Å². The highest BCUT2D eigenvalue weighted by Gasteiger charge is 2.36. The molecular weight excluding hydrogens is 777 g/mol. The fraction of sp³-hybridized carbons (Fsp3) is 0.0492. The maximum atomic E-state index is 7.02. The molecule has 2 aromatic heterocycles. The first-order valence-corrected chi connectivity index (χ1v) is 22.2. The Morgan fingerprint density at radius 1 is 0.422 bits per heavy atom. The molecule has 0 bridgehead atoms. The number of furan rings is 1. The van der Waals surface area contributed by atoms with E-state index >= 15 is 0 Å². The van der Waals surface area contributed by atoms with E-state index in [0.29, 0.717) is 0 Å². The van der Waals surface area contributed by atoms with Gasteiger partial charge in [-0.2, -0.15) is 0 Å². The number of anilines is 3. The van der Waals surface area contributed by atoms with E-state index in [4.69, 9.17) is 4.42 Å². The predicted octanol–water partition coefficient (Wildman–Crippen LogP) is 16.9. The summed E-state index contributed by atoms with van der Waals surface area (Å²) < 4.78 is 9.45. The van der Waals surface area contributed by atoms with Gasteiger partial charge in [0.15, 0.2) is 0 Å². The first-order valence-electron chi connectivity index (χ1n) is 22.2. The van der Waals surface area contributed by atoms with Crippen LogP contribution in [0.4, 0.5) is 17.1 Å². The third kappa shape index (κ3) is 5.34. The van der Waals surface area contributed by atoms with E-state index in [1.54, 1.807) is 0 Å². The van der Waals surface area contributed by atoms with Gasteiger partial charge in [-0.1, -0.05) is 178 Å². The lowest BCUT2D eigenvalue weighted by Gasteiger charge is -2.29. The molecule has 0 amide bonds. The zero-order chi connectivity index (χ0) is 42.5. The molecule has 0 radical (unpaired) electrons. The minimum Gasteiger partial charge on any atom is -0.455 e. The van der Waals surface area contributed by atoms with Gasteiger partial charge in [-0.3, -0.25) is 0 Å². The van der Waals surface area contributed by atoms with Gasteiger partial charge in [0.2, 0.25) is 0 Å². The van der Waals surface area contributed by atoms with Crippen molar-refractivity contribution in [3.8, 4) is 39.1 Å². The molecule has 302 valence electrons. The summed E-state index contributed by atoms with van der Waals surface area (Å²) in [5.74, 6) is 0. The molecule has 12 aromatic rings. The molecule has 3 heteroatoms. The fourth-order valence-electron chi connectivity index (χ4n) is 10.8. The topological polar surface area (TPSA) is 21.3 Å². The highest BCUT2D eigenvalue weighted by Crippen LogP contribution is 2.52. The number of fused-ring (bicyclic) bond motifs is 11. The molecule has 1 aliphatic rings. The summed E-state index contributed by atoms with van der Waals surface area (Å²) in [6, 6.07) is 79.6.